The zero-order chi connectivity index (χ0) is 18.5. The Labute approximate surface area is 165 Å². The van der Waals surface area contributed by atoms with Gasteiger partial charge in [0.1, 0.15) is 6.04 Å². The summed E-state index contributed by atoms with van der Waals surface area (Å²) < 4.78 is 0. The minimum absolute atomic E-state index is 0.134. The first-order valence-electron chi connectivity index (χ1n) is 7.87. The third-order valence-electron chi connectivity index (χ3n) is 3.86. The fourth-order valence-electron chi connectivity index (χ4n) is 2.50. The highest BCUT2D eigenvalue weighted by molar-refractivity contribution is 7.99. The maximum Gasteiger partial charge on any atom is 0.275 e. The van der Waals surface area contributed by atoms with Crippen LogP contribution in [0.2, 0.25) is 5.02 Å². The largest absolute Gasteiger partial charge is 0.350 e. The number of hydrogen-bond donors (Lipinski definition) is 1. The van der Waals surface area contributed by atoms with Crippen LogP contribution in [0.5, 0.6) is 0 Å². The molecule has 0 spiro atoms. The Bertz CT molecular complexity index is 807. The summed E-state index contributed by atoms with van der Waals surface area (Å²) >= 11 is 8.97. The van der Waals surface area contributed by atoms with Crippen molar-refractivity contribution < 1.29 is 9.59 Å². The second-order valence-corrected chi connectivity index (χ2v) is 7.73. The number of aromatic nitrogens is 2. The summed E-state index contributed by atoms with van der Waals surface area (Å²) in [5.41, 5.74) is 1.14. The molecule has 26 heavy (non-hydrogen) atoms. The van der Waals surface area contributed by atoms with Crippen molar-refractivity contribution in [3.05, 3.63) is 52.8 Å². The molecule has 1 aromatic carbocycles. The summed E-state index contributed by atoms with van der Waals surface area (Å²) in [6, 6.07) is 9.11. The molecule has 0 saturated carbocycles. The first kappa shape index (κ1) is 19.0. The summed E-state index contributed by atoms with van der Waals surface area (Å²) in [5, 5.41) is 3.55. The van der Waals surface area contributed by atoms with Crippen LogP contribution >= 0.6 is 35.1 Å². The number of rotatable bonds is 5. The number of nitrogens with zero attached hydrogens (tertiary/aromatic N) is 3. The third kappa shape index (κ3) is 4.31. The number of carbonyl (C=O) groups excluding carboxylic acids is 2. The van der Waals surface area contributed by atoms with E-state index in [1.54, 1.807) is 0 Å². The highest BCUT2D eigenvalue weighted by atomic mass is 35.5. The maximum atomic E-state index is 12.9. The average Bonchev–Trinajstić information content (AvgIpc) is 3.17. The molecule has 1 aliphatic rings. The molecule has 0 bridgehead atoms. The van der Waals surface area contributed by atoms with Crippen molar-refractivity contribution in [2.45, 2.75) is 17.7 Å². The molecule has 3 rings (SSSR count). The second-order valence-electron chi connectivity index (χ2n) is 5.55. The SMILES string of the molecule is CSc1ncc(Cl)c(C(=O)N2CSC[C@H]2C(=O)NCc2ccccc2)n1. The topological polar surface area (TPSA) is 75.2 Å². The first-order valence-corrected chi connectivity index (χ1v) is 10.6. The van der Waals surface area contributed by atoms with E-state index in [4.69, 9.17) is 11.6 Å². The molecule has 1 saturated heterocycles. The highest BCUT2D eigenvalue weighted by Gasteiger charge is 2.36. The standard InChI is InChI=1S/C17H17ClN4O2S2/c1-25-17-20-8-12(18)14(21-17)16(24)22-10-26-9-13(22)15(23)19-7-11-5-3-2-4-6-11/h2-6,8,13H,7,9-10H2,1H3,(H,19,23)/t13-/m0/s1. The Morgan fingerprint density at radius 3 is 2.88 bits per heavy atom. The van der Waals surface area contributed by atoms with Crippen LogP contribution in [0.15, 0.2) is 41.7 Å². The number of hydrogen-bond acceptors (Lipinski definition) is 6. The maximum absolute atomic E-state index is 12.9. The minimum Gasteiger partial charge on any atom is -0.350 e. The molecule has 1 N–H and O–H groups in total. The van der Waals surface area contributed by atoms with Gasteiger partial charge in [-0.1, -0.05) is 53.7 Å². The van der Waals surface area contributed by atoms with E-state index in [2.05, 4.69) is 15.3 Å². The minimum atomic E-state index is -0.542. The van der Waals surface area contributed by atoms with Gasteiger partial charge < -0.3 is 10.2 Å². The smallest absolute Gasteiger partial charge is 0.275 e. The molecule has 2 heterocycles. The van der Waals surface area contributed by atoms with E-state index >= 15 is 0 Å². The Morgan fingerprint density at radius 2 is 2.15 bits per heavy atom. The Balaban J connectivity index is 1.71. The van der Waals surface area contributed by atoms with Gasteiger partial charge in [-0.15, -0.1) is 11.8 Å². The van der Waals surface area contributed by atoms with Gasteiger partial charge in [-0.2, -0.15) is 0 Å². The van der Waals surface area contributed by atoms with Crippen molar-refractivity contribution in [1.29, 1.82) is 0 Å². The van der Waals surface area contributed by atoms with Crippen LogP contribution in [-0.2, 0) is 11.3 Å². The zero-order valence-electron chi connectivity index (χ0n) is 14.0. The van der Waals surface area contributed by atoms with Gasteiger partial charge in [0, 0.05) is 12.3 Å². The lowest BCUT2D eigenvalue weighted by Gasteiger charge is -2.23. The molecule has 136 valence electrons. The number of nitrogens with one attached hydrogen (secondary N) is 1. The Hall–Kier alpha value is -1.77. The lowest BCUT2D eigenvalue weighted by molar-refractivity contribution is -0.124. The molecule has 2 amide bonds. The monoisotopic (exact) mass is 408 g/mol. The molecule has 1 fully saturated rings. The van der Waals surface area contributed by atoms with Crippen molar-refractivity contribution in [2.24, 2.45) is 0 Å². The van der Waals surface area contributed by atoms with Crippen LogP contribution in [0, 0.1) is 0 Å². The molecule has 1 aliphatic heterocycles. The lowest BCUT2D eigenvalue weighted by Crippen LogP contribution is -2.47. The quantitative estimate of drug-likeness (QED) is 0.605. The summed E-state index contributed by atoms with van der Waals surface area (Å²) in [7, 11) is 0. The first-order chi connectivity index (χ1) is 12.6. The fraction of sp³-hybridized carbons (Fsp3) is 0.294. The van der Waals surface area contributed by atoms with E-state index in [-0.39, 0.29) is 22.5 Å². The number of benzene rings is 1. The van der Waals surface area contributed by atoms with Gasteiger partial charge in [0.05, 0.1) is 17.1 Å². The third-order valence-corrected chi connectivity index (χ3v) is 5.71. The van der Waals surface area contributed by atoms with Gasteiger partial charge in [-0.05, 0) is 11.8 Å². The summed E-state index contributed by atoms with van der Waals surface area (Å²) in [6.45, 7) is 0.424. The molecule has 1 aromatic heterocycles. The summed E-state index contributed by atoms with van der Waals surface area (Å²) in [5.74, 6) is 0.446. The number of halogens is 1. The fourth-order valence-corrected chi connectivity index (χ4v) is 4.16. The van der Waals surface area contributed by atoms with Gasteiger partial charge >= 0.3 is 0 Å². The molecule has 1 atom stereocenters. The Kier molecular flexibility index (Phi) is 6.39. The van der Waals surface area contributed by atoms with Crippen LogP contribution in [-0.4, -0.2) is 50.6 Å². The second kappa shape index (κ2) is 8.75. The van der Waals surface area contributed by atoms with Crippen molar-refractivity contribution in [1.82, 2.24) is 20.2 Å². The van der Waals surface area contributed by atoms with Gasteiger partial charge in [0.2, 0.25) is 5.91 Å². The van der Waals surface area contributed by atoms with E-state index in [1.165, 1.54) is 34.6 Å². The van der Waals surface area contributed by atoms with E-state index < -0.39 is 6.04 Å². The molecule has 6 nitrogen and oxygen atoms in total. The average molecular weight is 409 g/mol. The van der Waals surface area contributed by atoms with E-state index in [1.807, 2.05) is 36.6 Å². The number of amides is 2. The van der Waals surface area contributed by atoms with Crippen LogP contribution in [0.1, 0.15) is 16.1 Å². The molecule has 0 unspecified atom stereocenters. The van der Waals surface area contributed by atoms with Crippen LogP contribution in [0.25, 0.3) is 0 Å². The van der Waals surface area contributed by atoms with Gasteiger partial charge in [-0.3, -0.25) is 9.59 Å². The predicted molar refractivity (Wildman–Crippen MR) is 104 cm³/mol. The van der Waals surface area contributed by atoms with E-state index in [0.717, 1.165) is 5.56 Å². The predicted octanol–water partition coefficient (Wildman–Crippen LogP) is 2.68. The Morgan fingerprint density at radius 1 is 1.38 bits per heavy atom. The normalized spacial score (nSPS) is 16.5. The molecule has 9 heteroatoms. The van der Waals surface area contributed by atoms with Crippen molar-refractivity contribution in [2.75, 3.05) is 17.9 Å². The molecule has 0 radical (unpaired) electrons. The van der Waals surface area contributed by atoms with Crippen molar-refractivity contribution >= 4 is 46.9 Å². The van der Waals surface area contributed by atoms with Crippen molar-refractivity contribution in [3.8, 4) is 0 Å². The van der Waals surface area contributed by atoms with Crippen LogP contribution in [0.3, 0.4) is 0 Å². The molecule has 2 aromatic rings. The molecular weight excluding hydrogens is 392 g/mol. The zero-order valence-corrected chi connectivity index (χ0v) is 16.4. The van der Waals surface area contributed by atoms with Crippen LogP contribution < -0.4 is 5.32 Å². The lowest BCUT2D eigenvalue weighted by atomic mass is 10.2. The molecule has 0 aliphatic carbocycles. The summed E-state index contributed by atoms with van der Waals surface area (Å²) in [4.78, 5) is 35.2. The van der Waals surface area contributed by atoms with Crippen molar-refractivity contribution in [3.63, 3.8) is 0 Å². The van der Waals surface area contributed by atoms with E-state index in [9.17, 15) is 9.59 Å². The summed E-state index contributed by atoms with van der Waals surface area (Å²) in [6.07, 6.45) is 3.24. The number of carbonyl (C=O) groups is 2. The van der Waals surface area contributed by atoms with Gasteiger partial charge in [0.15, 0.2) is 10.9 Å². The van der Waals surface area contributed by atoms with Crippen LogP contribution in [0.4, 0.5) is 0 Å². The molecular formula is C17H17ClN4O2S2. The van der Waals surface area contributed by atoms with Gasteiger partial charge in [-0.25, -0.2) is 9.97 Å². The number of thioether (sulfide) groups is 2. The highest BCUT2D eigenvalue weighted by Crippen LogP contribution is 2.26. The van der Waals surface area contributed by atoms with E-state index in [0.29, 0.717) is 23.3 Å². The van der Waals surface area contributed by atoms with Gasteiger partial charge in [0.25, 0.3) is 5.91 Å².